The third kappa shape index (κ3) is 2.98. The Morgan fingerprint density at radius 2 is 1.92 bits per heavy atom. The zero-order valence-corrected chi connectivity index (χ0v) is 14.1. The van der Waals surface area contributed by atoms with Crippen molar-refractivity contribution in [1.82, 2.24) is 14.8 Å². The molecule has 1 N–H and O–H groups in total. The highest BCUT2D eigenvalue weighted by atomic mass is 16.5. The third-order valence-electron chi connectivity index (χ3n) is 4.47. The first kappa shape index (κ1) is 15.4. The van der Waals surface area contributed by atoms with Crippen molar-refractivity contribution in [2.24, 2.45) is 0 Å². The quantitative estimate of drug-likeness (QED) is 0.800. The molecule has 0 saturated heterocycles. The Morgan fingerprint density at radius 3 is 2.72 bits per heavy atom. The molecule has 2 heterocycles. The molecule has 0 unspecified atom stereocenters. The van der Waals surface area contributed by atoms with Gasteiger partial charge in [0.2, 0.25) is 0 Å². The van der Waals surface area contributed by atoms with E-state index >= 15 is 0 Å². The molecule has 1 amide bonds. The number of hydrogen-bond donors (Lipinski definition) is 1. The lowest BCUT2D eigenvalue weighted by molar-refractivity contribution is -0.122. The smallest absolute Gasteiger partial charge is 0.265 e. The van der Waals surface area contributed by atoms with Gasteiger partial charge in [-0.05, 0) is 54.8 Å². The second kappa shape index (κ2) is 6.05. The van der Waals surface area contributed by atoms with Crippen molar-refractivity contribution in [3.05, 3.63) is 65.7 Å². The molecule has 0 spiro atoms. The fourth-order valence-corrected chi connectivity index (χ4v) is 2.96. The summed E-state index contributed by atoms with van der Waals surface area (Å²) in [5.74, 6) is 0.661. The number of rotatable bonds is 3. The van der Waals surface area contributed by atoms with Gasteiger partial charge in [-0.1, -0.05) is 12.1 Å². The number of carbonyl (C=O) groups excluding carboxylic acids is 1. The van der Waals surface area contributed by atoms with Gasteiger partial charge < -0.3 is 10.1 Å². The van der Waals surface area contributed by atoms with Gasteiger partial charge in [0, 0.05) is 12.1 Å². The first-order valence-corrected chi connectivity index (χ1v) is 8.13. The standard InChI is InChI=1S/C19H18N4O2/c1-12-6-14-8-18(25-17(14)7-13(12)2)19(24)22-15-4-3-5-16(9-15)23-10-20-21-11-23/h3-7,9-11,18H,8H2,1-2H3,(H,22,24)/t18-/m0/s1. The minimum Gasteiger partial charge on any atom is -0.480 e. The van der Waals surface area contributed by atoms with E-state index in [0.29, 0.717) is 12.1 Å². The van der Waals surface area contributed by atoms with E-state index in [4.69, 9.17) is 4.74 Å². The minimum atomic E-state index is -0.505. The van der Waals surface area contributed by atoms with E-state index in [9.17, 15) is 4.79 Å². The summed E-state index contributed by atoms with van der Waals surface area (Å²) in [6.07, 6.45) is 3.31. The van der Waals surface area contributed by atoms with Gasteiger partial charge in [-0.15, -0.1) is 10.2 Å². The second-order valence-corrected chi connectivity index (χ2v) is 6.26. The molecule has 0 radical (unpaired) electrons. The molecule has 3 aromatic rings. The Hall–Kier alpha value is -3.15. The van der Waals surface area contributed by atoms with Crippen LogP contribution in [0.25, 0.3) is 5.69 Å². The summed E-state index contributed by atoms with van der Waals surface area (Å²) in [5.41, 5.74) is 5.06. The molecule has 1 aliphatic heterocycles. The summed E-state index contributed by atoms with van der Waals surface area (Å²) in [4.78, 5) is 12.6. The van der Waals surface area contributed by atoms with E-state index in [1.54, 1.807) is 17.2 Å². The van der Waals surface area contributed by atoms with E-state index in [2.05, 4.69) is 28.5 Å². The van der Waals surface area contributed by atoms with Gasteiger partial charge in [-0.25, -0.2) is 0 Å². The van der Waals surface area contributed by atoms with Crippen LogP contribution in [0.15, 0.2) is 49.1 Å². The van der Waals surface area contributed by atoms with Crippen LogP contribution in [0.5, 0.6) is 5.75 Å². The Labute approximate surface area is 145 Å². The summed E-state index contributed by atoms with van der Waals surface area (Å²) in [6, 6.07) is 11.6. The largest absolute Gasteiger partial charge is 0.480 e. The third-order valence-corrected chi connectivity index (χ3v) is 4.47. The summed E-state index contributed by atoms with van der Waals surface area (Å²) < 4.78 is 7.62. The number of ether oxygens (including phenoxy) is 1. The fraction of sp³-hybridized carbons (Fsp3) is 0.211. The number of amides is 1. The number of aryl methyl sites for hydroxylation is 2. The number of fused-ring (bicyclic) bond motifs is 1. The average Bonchev–Trinajstić information content (AvgIpc) is 3.25. The van der Waals surface area contributed by atoms with Crippen LogP contribution in [-0.2, 0) is 11.2 Å². The maximum atomic E-state index is 12.6. The molecule has 6 nitrogen and oxygen atoms in total. The maximum Gasteiger partial charge on any atom is 0.265 e. The van der Waals surface area contributed by atoms with E-state index in [1.807, 2.05) is 37.3 Å². The number of anilines is 1. The Kier molecular flexibility index (Phi) is 3.72. The van der Waals surface area contributed by atoms with Crippen LogP contribution in [-0.4, -0.2) is 26.8 Å². The Bertz CT molecular complexity index is 904. The van der Waals surface area contributed by atoms with Gasteiger partial charge in [0.05, 0.1) is 5.69 Å². The van der Waals surface area contributed by atoms with E-state index in [0.717, 1.165) is 17.0 Å². The topological polar surface area (TPSA) is 69.0 Å². The Morgan fingerprint density at radius 1 is 1.16 bits per heavy atom. The van der Waals surface area contributed by atoms with Crippen LogP contribution in [0.3, 0.4) is 0 Å². The van der Waals surface area contributed by atoms with E-state index in [-0.39, 0.29) is 5.91 Å². The first-order valence-electron chi connectivity index (χ1n) is 8.13. The van der Waals surface area contributed by atoms with Crippen LogP contribution in [0.4, 0.5) is 5.69 Å². The number of nitrogens with one attached hydrogen (secondary N) is 1. The molecule has 4 rings (SSSR count). The molecule has 126 valence electrons. The van der Waals surface area contributed by atoms with Crippen molar-refractivity contribution in [3.63, 3.8) is 0 Å². The molecule has 0 fully saturated rings. The number of benzene rings is 2. The monoisotopic (exact) mass is 334 g/mol. The summed E-state index contributed by atoms with van der Waals surface area (Å²) >= 11 is 0. The SMILES string of the molecule is Cc1cc2c(cc1C)O[C@H](C(=O)Nc1cccc(-n3cnnc3)c1)C2. The van der Waals surface area contributed by atoms with Crippen molar-refractivity contribution < 1.29 is 9.53 Å². The highest BCUT2D eigenvalue weighted by molar-refractivity contribution is 5.95. The summed E-state index contributed by atoms with van der Waals surface area (Å²) in [5, 5.41) is 10.5. The molecule has 2 aromatic carbocycles. The number of nitrogens with zero attached hydrogens (tertiary/aromatic N) is 3. The molecule has 25 heavy (non-hydrogen) atoms. The van der Waals surface area contributed by atoms with Crippen molar-refractivity contribution in [2.45, 2.75) is 26.4 Å². The molecule has 0 bridgehead atoms. The molecule has 0 saturated carbocycles. The van der Waals surface area contributed by atoms with Crippen molar-refractivity contribution in [2.75, 3.05) is 5.32 Å². The van der Waals surface area contributed by atoms with Gasteiger partial charge in [0.1, 0.15) is 18.4 Å². The molecule has 1 aliphatic rings. The van der Waals surface area contributed by atoms with Crippen LogP contribution in [0.1, 0.15) is 16.7 Å². The van der Waals surface area contributed by atoms with E-state index < -0.39 is 6.10 Å². The van der Waals surface area contributed by atoms with Crippen molar-refractivity contribution in [1.29, 1.82) is 0 Å². The number of hydrogen-bond acceptors (Lipinski definition) is 4. The highest BCUT2D eigenvalue weighted by Gasteiger charge is 2.29. The van der Waals surface area contributed by atoms with Crippen LogP contribution in [0.2, 0.25) is 0 Å². The predicted octanol–water partition coefficient (Wildman–Crippen LogP) is 2.83. The minimum absolute atomic E-state index is 0.146. The number of carbonyl (C=O) groups is 1. The van der Waals surface area contributed by atoms with Gasteiger partial charge in [-0.2, -0.15) is 0 Å². The van der Waals surface area contributed by atoms with Gasteiger partial charge in [0.25, 0.3) is 5.91 Å². The zero-order chi connectivity index (χ0) is 17.4. The van der Waals surface area contributed by atoms with Crippen molar-refractivity contribution >= 4 is 11.6 Å². The zero-order valence-electron chi connectivity index (χ0n) is 14.1. The lowest BCUT2D eigenvalue weighted by Crippen LogP contribution is -2.31. The lowest BCUT2D eigenvalue weighted by atomic mass is 10.0. The lowest BCUT2D eigenvalue weighted by Gasteiger charge is -2.12. The fourth-order valence-electron chi connectivity index (χ4n) is 2.96. The van der Waals surface area contributed by atoms with Gasteiger partial charge in [0.15, 0.2) is 6.10 Å². The maximum absolute atomic E-state index is 12.6. The molecule has 0 aliphatic carbocycles. The predicted molar refractivity (Wildman–Crippen MR) is 94.0 cm³/mol. The van der Waals surface area contributed by atoms with Crippen LogP contribution < -0.4 is 10.1 Å². The molecule has 1 aromatic heterocycles. The second-order valence-electron chi connectivity index (χ2n) is 6.26. The average molecular weight is 334 g/mol. The Balaban J connectivity index is 1.49. The van der Waals surface area contributed by atoms with Crippen LogP contribution in [0, 0.1) is 13.8 Å². The first-order chi connectivity index (χ1) is 12.1. The van der Waals surface area contributed by atoms with E-state index in [1.165, 1.54) is 11.1 Å². The number of aromatic nitrogens is 3. The van der Waals surface area contributed by atoms with Crippen molar-refractivity contribution in [3.8, 4) is 11.4 Å². The molecular formula is C19H18N4O2. The van der Waals surface area contributed by atoms with Gasteiger partial charge in [-0.3, -0.25) is 9.36 Å². The molecular weight excluding hydrogens is 316 g/mol. The highest BCUT2D eigenvalue weighted by Crippen LogP contribution is 2.32. The summed E-state index contributed by atoms with van der Waals surface area (Å²) in [6.45, 7) is 4.11. The molecule has 6 heteroatoms. The van der Waals surface area contributed by atoms with Crippen LogP contribution >= 0.6 is 0 Å². The normalized spacial score (nSPS) is 15.5. The summed E-state index contributed by atoms with van der Waals surface area (Å²) in [7, 11) is 0. The van der Waals surface area contributed by atoms with Gasteiger partial charge >= 0.3 is 0 Å². The molecule has 1 atom stereocenters.